The average molecular weight is 425 g/mol. The molecule has 0 radical (unpaired) electrons. The number of hydrogen-bond acceptors (Lipinski definition) is 3. The van der Waals surface area contributed by atoms with Gasteiger partial charge in [-0.25, -0.2) is 0 Å². The van der Waals surface area contributed by atoms with Crippen molar-refractivity contribution in [1.82, 2.24) is 10.2 Å². The van der Waals surface area contributed by atoms with Gasteiger partial charge in [0, 0.05) is 19.3 Å². The summed E-state index contributed by atoms with van der Waals surface area (Å²) in [4.78, 5) is 26.5. The minimum atomic E-state index is -0.589. The molecule has 2 rings (SSSR count). The summed E-state index contributed by atoms with van der Waals surface area (Å²) < 4.78 is 0. The molecule has 2 amide bonds. The lowest BCUT2D eigenvalue weighted by Gasteiger charge is -2.28. The number of amides is 2. The van der Waals surface area contributed by atoms with Gasteiger partial charge in [0.15, 0.2) is 0 Å². The van der Waals surface area contributed by atoms with Gasteiger partial charge in [-0.05, 0) is 30.2 Å². The van der Waals surface area contributed by atoms with Gasteiger partial charge in [-0.15, -0.1) is 11.8 Å². The van der Waals surface area contributed by atoms with Crippen LogP contribution in [-0.2, 0) is 21.9 Å². The number of halogens is 2. The average Bonchev–Trinajstić information content (AvgIpc) is 2.68. The van der Waals surface area contributed by atoms with E-state index in [0.717, 1.165) is 16.9 Å². The number of hydrogen-bond donors (Lipinski definition) is 1. The van der Waals surface area contributed by atoms with Crippen LogP contribution in [-0.4, -0.2) is 35.6 Å². The zero-order chi connectivity index (χ0) is 19.8. The third-order valence-corrected chi connectivity index (χ3v) is 5.82. The molecule has 27 heavy (non-hydrogen) atoms. The molecule has 0 unspecified atom stereocenters. The lowest BCUT2D eigenvalue weighted by atomic mass is 10.1. The molecule has 4 nitrogen and oxygen atoms in total. The second-order valence-corrected chi connectivity index (χ2v) is 7.84. The standard InChI is InChI=1S/C20H22Cl2N2O2S/c1-14(20(26)23-2)24(11-16-8-9-17(21)18(22)10-16)19(25)13-27-12-15-6-4-3-5-7-15/h3-10,14H,11-13H2,1-2H3,(H,23,26)/t14-/m1/s1. The number of rotatable bonds is 8. The molecule has 0 heterocycles. The second kappa shape index (κ2) is 10.6. The van der Waals surface area contributed by atoms with Crippen LogP contribution in [0.3, 0.4) is 0 Å². The van der Waals surface area contributed by atoms with Crippen molar-refractivity contribution in [2.24, 2.45) is 0 Å². The summed E-state index contributed by atoms with van der Waals surface area (Å²) in [6.45, 7) is 2.01. The molecule has 7 heteroatoms. The summed E-state index contributed by atoms with van der Waals surface area (Å²) in [5.41, 5.74) is 1.98. The van der Waals surface area contributed by atoms with Gasteiger partial charge in [0.2, 0.25) is 11.8 Å². The van der Waals surface area contributed by atoms with Crippen molar-refractivity contribution >= 4 is 46.8 Å². The Bertz CT molecular complexity index is 787. The Hall–Kier alpha value is -1.69. The van der Waals surface area contributed by atoms with E-state index in [9.17, 15) is 9.59 Å². The van der Waals surface area contributed by atoms with Crippen molar-refractivity contribution < 1.29 is 9.59 Å². The van der Waals surface area contributed by atoms with Gasteiger partial charge in [0.25, 0.3) is 0 Å². The van der Waals surface area contributed by atoms with Crippen LogP contribution in [0.1, 0.15) is 18.1 Å². The normalized spacial score (nSPS) is 11.7. The van der Waals surface area contributed by atoms with E-state index in [1.807, 2.05) is 36.4 Å². The molecule has 0 fully saturated rings. The maximum Gasteiger partial charge on any atom is 0.242 e. The van der Waals surface area contributed by atoms with Crippen molar-refractivity contribution in [2.75, 3.05) is 12.8 Å². The van der Waals surface area contributed by atoms with Gasteiger partial charge in [-0.2, -0.15) is 0 Å². The first-order chi connectivity index (χ1) is 12.9. The van der Waals surface area contributed by atoms with Crippen molar-refractivity contribution in [2.45, 2.75) is 25.3 Å². The molecular weight excluding hydrogens is 403 g/mol. The van der Waals surface area contributed by atoms with Crippen LogP contribution in [0.25, 0.3) is 0 Å². The molecule has 0 aromatic heterocycles. The number of likely N-dealkylation sites (N-methyl/N-ethyl adjacent to an activating group) is 1. The van der Waals surface area contributed by atoms with E-state index in [1.54, 1.807) is 31.0 Å². The Morgan fingerprint density at radius 2 is 1.78 bits per heavy atom. The first-order valence-corrected chi connectivity index (χ1v) is 10.4. The van der Waals surface area contributed by atoms with Crippen LogP contribution in [0.4, 0.5) is 0 Å². The first kappa shape index (κ1) is 21.6. The van der Waals surface area contributed by atoms with E-state index < -0.39 is 6.04 Å². The van der Waals surface area contributed by atoms with E-state index in [0.29, 0.717) is 10.0 Å². The molecule has 1 N–H and O–H groups in total. The Kier molecular flexibility index (Phi) is 8.48. The lowest BCUT2D eigenvalue weighted by molar-refractivity contribution is -0.138. The Morgan fingerprint density at radius 3 is 2.41 bits per heavy atom. The van der Waals surface area contributed by atoms with Gasteiger partial charge < -0.3 is 10.2 Å². The highest BCUT2D eigenvalue weighted by Gasteiger charge is 2.25. The summed E-state index contributed by atoms with van der Waals surface area (Å²) in [6, 6.07) is 14.6. The first-order valence-electron chi connectivity index (χ1n) is 8.49. The lowest BCUT2D eigenvalue weighted by Crippen LogP contribution is -2.47. The third-order valence-electron chi connectivity index (χ3n) is 4.09. The largest absolute Gasteiger partial charge is 0.357 e. The Balaban J connectivity index is 2.07. The highest BCUT2D eigenvalue weighted by Crippen LogP contribution is 2.24. The topological polar surface area (TPSA) is 49.4 Å². The fraction of sp³-hybridized carbons (Fsp3) is 0.300. The Morgan fingerprint density at radius 1 is 1.07 bits per heavy atom. The van der Waals surface area contributed by atoms with Crippen LogP contribution in [0.5, 0.6) is 0 Å². The quantitative estimate of drug-likeness (QED) is 0.683. The van der Waals surface area contributed by atoms with E-state index in [-0.39, 0.29) is 24.1 Å². The van der Waals surface area contributed by atoms with Crippen molar-refractivity contribution in [3.63, 3.8) is 0 Å². The van der Waals surface area contributed by atoms with Gasteiger partial charge in [0.1, 0.15) is 6.04 Å². The smallest absolute Gasteiger partial charge is 0.242 e. The number of nitrogens with one attached hydrogen (secondary N) is 1. The molecule has 2 aromatic rings. The van der Waals surface area contributed by atoms with Crippen molar-refractivity contribution in [3.05, 3.63) is 69.7 Å². The maximum absolute atomic E-state index is 12.8. The molecule has 0 aliphatic rings. The number of nitrogens with zero attached hydrogens (tertiary/aromatic N) is 1. The van der Waals surface area contributed by atoms with E-state index >= 15 is 0 Å². The Labute approximate surface area is 174 Å². The SMILES string of the molecule is CNC(=O)[C@@H](C)N(Cc1ccc(Cl)c(Cl)c1)C(=O)CSCc1ccccc1. The van der Waals surface area contributed by atoms with Crippen LogP contribution < -0.4 is 5.32 Å². The molecule has 2 aromatic carbocycles. The van der Waals surface area contributed by atoms with Gasteiger partial charge in [-0.1, -0.05) is 59.6 Å². The summed E-state index contributed by atoms with van der Waals surface area (Å²) in [5.74, 6) is 0.716. The van der Waals surface area contributed by atoms with Crippen LogP contribution in [0, 0.1) is 0 Å². The molecule has 0 spiro atoms. The van der Waals surface area contributed by atoms with Gasteiger partial charge >= 0.3 is 0 Å². The van der Waals surface area contributed by atoms with Gasteiger partial charge in [0.05, 0.1) is 15.8 Å². The second-order valence-electron chi connectivity index (χ2n) is 6.04. The predicted molar refractivity (Wildman–Crippen MR) is 113 cm³/mol. The van der Waals surface area contributed by atoms with Crippen molar-refractivity contribution in [3.8, 4) is 0 Å². The number of benzene rings is 2. The van der Waals surface area contributed by atoms with E-state index in [4.69, 9.17) is 23.2 Å². The molecule has 144 valence electrons. The van der Waals surface area contributed by atoms with Crippen LogP contribution in [0.2, 0.25) is 10.0 Å². The fourth-order valence-corrected chi connectivity index (χ4v) is 3.73. The summed E-state index contributed by atoms with van der Waals surface area (Å²) in [5, 5.41) is 3.48. The molecule has 0 aliphatic carbocycles. The molecule has 1 atom stereocenters. The van der Waals surface area contributed by atoms with Crippen LogP contribution >= 0.6 is 35.0 Å². The number of carbonyl (C=O) groups excluding carboxylic acids is 2. The van der Waals surface area contributed by atoms with Crippen molar-refractivity contribution in [1.29, 1.82) is 0 Å². The monoisotopic (exact) mass is 424 g/mol. The van der Waals surface area contributed by atoms with Gasteiger partial charge in [-0.3, -0.25) is 9.59 Å². The zero-order valence-corrected chi connectivity index (χ0v) is 17.6. The minimum absolute atomic E-state index is 0.0990. The predicted octanol–water partition coefficient (Wildman–Crippen LogP) is 4.39. The molecule has 0 saturated carbocycles. The number of thioether (sulfide) groups is 1. The molecule has 0 aliphatic heterocycles. The zero-order valence-electron chi connectivity index (χ0n) is 15.2. The molecular formula is C20H22Cl2N2O2S. The van der Waals surface area contributed by atoms with E-state index in [2.05, 4.69) is 5.32 Å². The van der Waals surface area contributed by atoms with Crippen LogP contribution in [0.15, 0.2) is 48.5 Å². The minimum Gasteiger partial charge on any atom is -0.357 e. The number of carbonyl (C=O) groups is 2. The highest BCUT2D eigenvalue weighted by molar-refractivity contribution is 7.99. The summed E-state index contributed by atoms with van der Waals surface area (Å²) in [6.07, 6.45) is 0. The third kappa shape index (κ3) is 6.45. The fourth-order valence-electron chi connectivity index (χ4n) is 2.54. The summed E-state index contributed by atoms with van der Waals surface area (Å²) >= 11 is 13.6. The summed E-state index contributed by atoms with van der Waals surface area (Å²) in [7, 11) is 1.56. The van der Waals surface area contributed by atoms with E-state index in [1.165, 1.54) is 11.8 Å². The molecule has 0 saturated heterocycles. The highest BCUT2D eigenvalue weighted by atomic mass is 35.5. The molecule has 0 bridgehead atoms. The maximum atomic E-state index is 12.8.